The van der Waals surface area contributed by atoms with E-state index in [0.717, 1.165) is 32.5 Å². The third kappa shape index (κ3) is 3.70. The number of ketones is 1. The van der Waals surface area contributed by atoms with Crippen molar-refractivity contribution in [1.82, 2.24) is 0 Å². The van der Waals surface area contributed by atoms with Crippen molar-refractivity contribution >= 4 is 27.4 Å². The lowest BCUT2D eigenvalue weighted by atomic mass is 9.68. The second-order valence-corrected chi connectivity index (χ2v) is 10.2. The van der Waals surface area contributed by atoms with Gasteiger partial charge in [-0.05, 0) is 61.1 Å². The molecule has 1 atom stereocenters. The first-order chi connectivity index (χ1) is 14.6. The summed E-state index contributed by atoms with van der Waals surface area (Å²) in [6.45, 7) is 8.28. The molecule has 0 saturated heterocycles. The van der Waals surface area contributed by atoms with Crippen LogP contribution in [0.2, 0.25) is 0 Å². The van der Waals surface area contributed by atoms with Gasteiger partial charge in [-0.25, -0.2) is 0 Å². The van der Waals surface area contributed by atoms with Crippen molar-refractivity contribution in [1.29, 1.82) is 5.26 Å². The molecule has 1 aliphatic heterocycles. The van der Waals surface area contributed by atoms with Crippen molar-refractivity contribution in [2.24, 2.45) is 11.1 Å². The van der Waals surface area contributed by atoms with Gasteiger partial charge < -0.3 is 5.73 Å². The predicted octanol–water partition coefficient (Wildman–Crippen LogP) is 6.01. The maximum absolute atomic E-state index is 13.6. The van der Waals surface area contributed by atoms with Crippen LogP contribution in [-0.2, 0) is 4.79 Å². The van der Waals surface area contributed by atoms with Crippen molar-refractivity contribution in [3.05, 3.63) is 86.3 Å². The highest BCUT2D eigenvalue weighted by Crippen LogP contribution is 2.50. The summed E-state index contributed by atoms with van der Waals surface area (Å²) >= 11 is 3.48. The highest BCUT2D eigenvalue weighted by atomic mass is 79.9. The predicted molar refractivity (Wildman–Crippen MR) is 127 cm³/mol. The molecular formula is C26H26BrN3O. The topological polar surface area (TPSA) is 70.1 Å². The molecule has 0 radical (unpaired) electrons. The number of nitrogens with zero attached hydrogens (tertiary/aromatic N) is 2. The number of aryl methyl sites for hydroxylation is 2. The van der Waals surface area contributed by atoms with Gasteiger partial charge in [0, 0.05) is 27.9 Å². The van der Waals surface area contributed by atoms with E-state index in [0.29, 0.717) is 29.8 Å². The van der Waals surface area contributed by atoms with E-state index in [9.17, 15) is 10.1 Å². The fraction of sp³-hybridized carbons (Fsp3) is 0.308. The van der Waals surface area contributed by atoms with Gasteiger partial charge in [-0.3, -0.25) is 9.69 Å². The number of carbonyl (C=O) groups excluding carboxylic acids is 1. The summed E-state index contributed by atoms with van der Waals surface area (Å²) in [5.74, 6) is 0.0645. The molecule has 0 aromatic heterocycles. The Labute approximate surface area is 192 Å². The van der Waals surface area contributed by atoms with Crippen LogP contribution in [0.4, 0.5) is 5.69 Å². The number of anilines is 1. The van der Waals surface area contributed by atoms with E-state index in [1.807, 2.05) is 43.0 Å². The van der Waals surface area contributed by atoms with E-state index < -0.39 is 5.92 Å². The number of hydrogen-bond acceptors (Lipinski definition) is 4. The Morgan fingerprint density at radius 1 is 1.13 bits per heavy atom. The van der Waals surface area contributed by atoms with Crippen molar-refractivity contribution < 1.29 is 4.79 Å². The Balaban J connectivity index is 2.03. The average molecular weight is 476 g/mol. The summed E-state index contributed by atoms with van der Waals surface area (Å²) in [7, 11) is 0. The zero-order chi connectivity index (χ0) is 22.5. The zero-order valence-electron chi connectivity index (χ0n) is 18.3. The standard InChI is InChI=1S/C26H26BrN3O/c1-15-5-6-16(2)19(11-15)23-20(14-28)25(29)30(18-9-7-17(27)8-10-18)21-12-26(3,4)13-22(31)24(21)23/h5-11,23H,12-13,29H2,1-4H3. The van der Waals surface area contributed by atoms with E-state index in [4.69, 9.17) is 5.73 Å². The van der Waals surface area contributed by atoms with Gasteiger partial charge in [0.25, 0.3) is 0 Å². The van der Waals surface area contributed by atoms with Gasteiger partial charge in [-0.1, -0.05) is 53.5 Å². The summed E-state index contributed by atoms with van der Waals surface area (Å²) in [4.78, 5) is 15.5. The van der Waals surface area contributed by atoms with Crippen molar-refractivity contribution in [3.63, 3.8) is 0 Å². The second-order valence-electron chi connectivity index (χ2n) is 9.32. The number of rotatable bonds is 2. The lowest BCUT2D eigenvalue weighted by Crippen LogP contribution is -2.42. The summed E-state index contributed by atoms with van der Waals surface area (Å²) in [5.41, 5.74) is 12.5. The molecule has 1 heterocycles. The quantitative estimate of drug-likeness (QED) is 0.577. The van der Waals surface area contributed by atoms with E-state index >= 15 is 0 Å². The first-order valence-electron chi connectivity index (χ1n) is 10.4. The minimum Gasteiger partial charge on any atom is -0.384 e. The number of carbonyl (C=O) groups is 1. The first-order valence-corrected chi connectivity index (χ1v) is 11.2. The van der Waals surface area contributed by atoms with Crippen LogP contribution in [0.1, 0.15) is 49.3 Å². The third-order valence-electron chi connectivity index (χ3n) is 6.21. The van der Waals surface area contributed by atoms with Crippen molar-refractivity contribution in [2.45, 2.75) is 46.5 Å². The molecule has 158 valence electrons. The van der Waals surface area contributed by atoms with Crippen LogP contribution in [0.15, 0.2) is 69.6 Å². The van der Waals surface area contributed by atoms with Gasteiger partial charge in [-0.15, -0.1) is 0 Å². The van der Waals surface area contributed by atoms with Gasteiger partial charge in [0.15, 0.2) is 5.78 Å². The number of allylic oxidation sites excluding steroid dienone is 3. The Hall–Kier alpha value is -2.84. The number of nitrogens with two attached hydrogens (primary N) is 1. The van der Waals surface area contributed by atoms with E-state index in [1.165, 1.54) is 0 Å². The van der Waals surface area contributed by atoms with Gasteiger partial charge in [0.05, 0.1) is 17.6 Å². The summed E-state index contributed by atoms with van der Waals surface area (Å²) in [6, 6.07) is 16.3. The Morgan fingerprint density at radius 2 is 1.81 bits per heavy atom. The third-order valence-corrected chi connectivity index (χ3v) is 6.74. The van der Waals surface area contributed by atoms with Crippen LogP contribution in [0.5, 0.6) is 0 Å². The van der Waals surface area contributed by atoms with Crippen LogP contribution in [0.25, 0.3) is 0 Å². The number of halogens is 1. The van der Waals surface area contributed by atoms with E-state index in [-0.39, 0.29) is 11.2 Å². The Bertz CT molecular complexity index is 1180. The summed E-state index contributed by atoms with van der Waals surface area (Å²) < 4.78 is 0.957. The minimum atomic E-state index is -0.435. The maximum atomic E-state index is 13.6. The molecule has 0 amide bonds. The summed E-state index contributed by atoms with van der Waals surface area (Å²) in [5, 5.41) is 10.2. The zero-order valence-corrected chi connectivity index (χ0v) is 19.9. The van der Waals surface area contributed by atoms with Crippen LogP contribution < -0.4 is 10.6 Å². The smallest absolute Gasteiger partial charge is 0.162 e. The van der Waals surface area contributed by atoms with Crippen LogP contribution in [0.3, 0.4) is 0 Å². The van der Waals surface area contributed by atoms with Crippen LogP contribution in [-0.4, -0.2) is 5.78 Å². The fourth-order valence-electron chi connectivity index (χ4n) is 4.78. The first kappa shape index (κ1) is 21.4. The van der Waals surface area contributed by atoms with Gasteiger partial charge in [0.1, 0.15) is 5.82 Å². The molecule has 1 aliphatic carbocycles. The SMILES string of the molecule is Cc1ccc(C)c(C2C(C#N)=C(N)N(c3ccc(Br)cc3)C3=C2C(=O)CC(C)(C)C3)c1. The molecule has 2 aromatic rings. The molecule has 1 unspecified atom stereocenters. The minimum absolute atomic E-state index is 0.0968. The van der Waals surface area contributed by atoms with Gasteiger partial charge in [0.2, 0.25) is 0 Å². The molecule has 0 fully saturated rings. The highest BCUT2D eigenvalue weighted by Gasteiger charge is 2.45. The molecule has 4 rings (SSSR count). The van der Waals surface area contributed by atoms with Crippen LogP contribution >= 0.6 is 15.9 Å². The molecule has 31 heavy (non-hydrogen) atoms. The lowest BCUT2D eigenvalue weighted by Gasteiger charge is -2.44. The molecule has 0 spiro atoms. The van der Waals surface area contributed by atoms with Crippen molar-refractivity contribution in [2.75, 3.05) is 4.90 Å². The van der Waals surface area contributed by atoms with Gasteiger partial charge >= 0.3 is 0 Å². The number of Topliss-reactive ketones (excluding diaryl/α,β-unsaturated/α-hetero) is 1. The van der Waals surface area contributed by atoms with Crippen molar-refractivity contribution in [3.8, 4) is 6.07 Å². The molecule has 2 N–H and O–H groups in total. The molecule has 2 aliphatic rings. The fourth-order valence-corrected chi connectivity index (χ4v) is 5.04. The number of nitriles is 1. The molecular weight excluding hydrogens is 450 g/mol. The average Bonchev–Trinajstić information content (AvgIpc) is 2.69. The monoisotopic (exact) mass is 475 g/mol. The maximum Gasteiger partial charge on any atom is 0.162 e. The van der Waals surface area contributed by atoms with E-state index in [1.54, 1.807) is 0 Å². The molecule has 4 nitrogen and oxygen atoms in total. The van der Waals surface area contributed by atoms with Crippen LogP contribution in [0, 0.1) is 30.6 Å². The largest absolute Gasteiger partial charge is 0.384 e. The lowest BCUT2D eigenvalue weighted by molar-refractivity contribution is -0.118. The second kappa shape index (κ2) is 7.69. The molecule has 2 aromatic carbocycles. The van der Waals surface area contributed by atoms with E-state index in [2.05, 4.69) is 54.0 Å². The molecule has 0 saturated carbocycles. The van der Waals surface area contributed by atoms with Gasteiger partial charge in [-0.2, -0.15) is 5.26 Å². The Morgan fingerprint density at radius 3 is 2.45 bits per heavy atom. The molecule has 0 bridgehead atoms. The highest BCUT2D eigenvalue weighted by molar-refractivity contribution is 9.10. The summed E-state index contributed by atoms with van der Waals surface area (Å²) in [6.07, 6.45) is 1.17. The normalized spacial score (nSPS) is 20.6. The Kier molecular flexibility index (Phi) is 5.31. The number of hydrogen-bond donors (Lipinski definition) is 1. The number of benzene rings is 2. The molecule has 5 heteroatoms.